The maximum Gasteiger partial charge on any atom is 0.241 e. The van der Waals surface area contributed by atoms with E-state index in [1.807, 2.05) is 13.8 Å². The van der Waals surface area contributed by atoms with Gasteiger partial charge in [-0.25, -0.2) is 0 Å². The molecule has 102 valence electrons. The van der Waals surface area contributed by atoms with Crippen LogP contribution in [0.2, 0.25) is 0 Å². The van der Waals surface area contributed by atoms with Gasteiger partial charge in [0.05, 0.1) is 19.3 Å². The molecule has 0 bridgehead atoms. The van der Waals surface area contributed by atoms with Gasteiger partial charge in [0.25, 0.3) is 0 Å². The zero-order valence-electron chi connectivity index (χ0n) is 11.0. The Hall–Kier alpha value is -1.14. The van der Waals surface area contributed by atoms with Gasteiger partial charge in [-0.2, -0.15) is 5.10 Å². The summed E-state index contributed by atoms with van der Waals surface area (Å²) in [6, 6.07) is -0.0369. The van der Waals surface area contributed by atoms with Crippen LogP contribution >= 0.6 is 0 Å². The van der Waals surface area contributed by atoms with Gasteiger partial charge in [0, 0.05) is 25.3 Å². The van der Waals surface area contributed by atoms with E-state index in [-0.39, 0.29) is 18.1 Å². The summed E-state index contributed by atoms with van der Waals surface area (Å²) in [5, 5.41) is 9.04. The highest BCUT2D eigenvalue weighted by Gasteiger charge is 2.30. The molecule has 1 fully saturated rings. The van der Waals surface area contributed by atoms with Crippen LogP contribution in [0.3, 0.4) is 0 Å². The first-order chi connectivity index (χ1) is 8.69. The lowest BCUT2D eigenvalue weighted by Crippen LogP contribution is -2.46. The lowest BCUT2D eigenvalue weighted by atomic mass is 10.2. The van der Waals surface area contributed by atoms with Crippen LogP contribution in [0.4, 0.5) is 0 Å². The molecule has 2 heterocycles. The van der Waals surface area contributed by atoms with Crippen molar-refractivity contribution in [3.63, 3.8) is 0 Å². The molecule has 0 radical (unpaired) electrons. The minimum absolute atomic E-state index is 0.0198. The fourth-order valence-corrected chi connectivity index (χ4v) is 2.21. The number of hydrogen-bond acceptors (Lipinski definition) is 5. The second-order valence-corrected chi connectivity index (χ2v) is 4.68. The molecule has 1 N–H and O–H groups in total. The van der Waals surface area contributed by atoms with Crippen molar-refractivity contribution in [1.82, 2.24) is 10.3 Å². The van der Waals surface area contributed by atoms with Crippen LogP contribution in [-0.4, -0.2) is 61.7 Å². The Morgan fingerprint density at radius 1 is 1.61 bits per heavy atom. The molecular formula is C12H21N3O3. The molecule has 2 rings (SSSR count). The Kier molecular flexibility index (Phi) is 4.54. The molecule has 18 heavy (non-hydrogen) atoms. The van der Waals surface area contributed by atoms with E-state index in [0.29, 0.717) is 26.4 Å². The van der Waals surface area contributed by atoms with Crippen molar-refractivity contribution in [3.8, 4) is 0 Å². The van der Waals surface area contributed by atoms with Gasteiger partial charge in [0.1, 0.15) is 12.6 Å². The molecule has 0 aliphatic carbocycles. The molecule has 2 atom stereocenters. The summed E-state index contributed by atoms with van der Waals surface area (Å²) in [5.74, 6) is -0.0198. The largest absolute Gasteiger partial charge is 0.376 e. The predicted molar refractivity (Wildman–Crippen MR) is 67.5 cm³/mol. The van der Waals surface area contributed by atoms with Crippen molar-refractivity contribution in [3.05, 3.63) is 0 Å². The summed E-state index contributed by atoms with van der Waals surface area (Å²) in [7, 11) is 0. The predicted octanol–water partition coefficient (Wildman–Crippen LogP) is -0.0119. The molecule has 0 aromatic heterocycles. The summed E-state index contributed by atoms with van der Waals surface area (Å²) in [6.07, 6.45) is 0.921. The second kappa shape index (κ2) is 6.15. The van der Waals surface area contributed by atoms with E-state index in [4.69, 9.17) is 9.47 Å². The van der Waals surface area contributed by atoms with Crippen LogP contribution in [0.1, 0.15) is 20.3 Å². The molecular weight excluding hydrogens is 234 g/mol. The Morgan fingerprint density at radius 2 is 2.44 bits per heavy atom. The molecule has 0 aromatic carbocycles. The Balaban J connectivity index is 1.76. The van der Waals surface area contributed by atoms with E-state index in [1.165, 1.54) is 0 Å². The summed E-state index contributed by atoms with van der Waals surface area (Å²) < 4.78 is 10.9. The first kappa shape index (κ1) is 13.3. The van der Waals surface area contributed by atoms with Crippen molar-refractivity contribution in [2.24, 2.45) is 5.10 Å². The number of ether oxygens (including phenoxy) is 2. The van der Waals surface area contributed by atoms with E-state index in [2.05, 4.69) is 10.4 Å². The van der Waals surface area contributed by atoms with E-state index in [1.54, 1.807) is 5.01 Å². The van der Waals surface area contributed by atoms with Gasteiger partial charge >= 0.3 is 0 Å². The average molecular weight is 255 g/mol. The topological polar surface area (TPSA) is 63.2 Å². The summed E-state index contributed by atoms with van der Waals surface area (Å²) in [4.78, 5) is 11.9. The second-order valence-electron chi connectivity index (χ2n) is 4.68. The van der Waals surface area contributed by atoms with Gasteiger partial charge in [-0.1, -0.05) is 0 Å². The smallest absolute Gasteiger partial charge is 0.241 e. The lowest BCUT2D eigenvalue weighted by molar-refractivity contribution is -0.123. The number of rotatable bonds is 5. The lowest BCUT2D eigenvalue weighted by Gasteiger charge is -2.20. The maximum atomic E-state index is 11.9. The van der Waals surface area contributed by atoms with E-state index < -0.39 is 0 Å². The van der Waals surface area contributed by atoms with Gasteiger partial charge in [0.15, 0.2) is 0 Å². The summed E-state index contributed by atoms with van der Waals surface area (Å²) in [6.45, 7) is 6.78. The van der Waals surface area contributed by atoms with Crippen LogP contribution in [-0.2, 0) is 14.3 Å². The summed E-state index contributed by atoms with van der Waals surface area (Å²) >= 11 is 0. The number of hydrazone groups is 1. The average Bonchev–Trinajstić information content (AvgIpc) is 2.90. The highest BCUT2D eigenvalue weighted by molar-refractivity contribution is 5.84. The number of hydrogen-bond donors (Lipinski definition) is 1. The first-order valence-corrected chi connectivity index (χ1v) is 6.46. The fourth-order valence-electron chi connectivity index (χ4n) is 2.21. The van der Waals surface area contributed by atoms with E-state index in [0.717, 1.165) is 18.7 Å². The number of carbonyl (C=O) groups excluding carboxylic acids is 1. The monoisotopic (exact) mass is 255 g/mol. The van der Waals surface area contributed by atoms with Gasteiger partial charge in [-0.3, -0.25) is 9.80 Å². The molecule has 2 aliphatic rings. The summed E-state index contributed by atoms with van der Waals surface area (Å²) in [5.41, 5.74) is 1.08. The van der Waals surface area contributed by atoms with Crippen LogP contribution in [0.5, 0.6) is 0 Å². The molecule has 0 aromatic rings. The Morgan fingerprint density at radius 3 is 3.11 bits per heavy atom. The van der Waals surface area contributed by atoms with Gasteiger partial charge in [-0.15, -0.1) is 0 Å². The Bertz CT molecular complexity index is 333. The molecule has 6 heteroatoms. The normalized spacial score (nSPS) is 27.4. The molecule has 1 saturated heterocycles. The fraction of sp³-hybridized carbons (Fsp3) is 0.833. The molecule has 0 saturated carbocycles. The third kappa shape index (κ3) is 3.43. The highest BCUT2D eigenvalue weighted by atomic mass is 16.5. The van der Waals surface area contributed by atoms with E-state index in [9.17, 15) is 4.79 Å². The number of carbonyl (C=O) groups is 1. The van der Waals surface area contributed by atoms with Gasteiger partial charge in [-0.05, 0) is 13.8 Å². The van der Waals surface area contributed by atoms with Crippen LogP contribution in [0, 0.1) is 0 Å². The van der Waals surface area contributed by atoms with E-state index >= 15 is 0 Å². The number of nitrogens with zero attached hydrogens (tertiary/aromatic N) is 2. The zero-order valence-corrected chi connectivity index (χ0v) is 11.0. The minimum Gasteiger partial charge on any atom is -0.376 e. The van der Waals surface area contributed by atoms with Crippen LogP contribution < -0.4 is 5.32 Å². The van der Waals surface area contributed by atoms with Crippen LogP contribution in [0.15, 0.2) is 5.10 Å². The SMILES string of the molecule is CCO[C@H]1COC[C@@H]1NC(=O)CN1CCC(C)=N1. The minimum atomic E-state index is -0.0369. The van der Waals surface area contributed by atoms with Gasteiger partial charge in [0.2, 0.25) is 5.91 Å². The highest BCUT2D eigenvalue weighted by Crippen LogP contribution is 2.10. The first-order valence-electron chi connectivity index (χ1n) is 6.46. The third-order valence-electron chi connectivity index (χ3n) is 3.13. The van der Waals surface area contributed by atoms with Crippen molar-refractivity contribution >= 4 is 11.6 Å². The molecule has 0 spiro atoms. The van der Waals surface area contributed by atoms with Crippen molar-refractivity contribution in [2.45, 2.75) is 32.4 Å². The van der Waals surface area contributed by atoms with Crippen molar-refractivity contribution < 1.29 is 14.3 Å². The van der Waals surface area contributed by atoms with Crippen LogP contribution in [0.25, 0.3) is 0 Å². The Labute approximate surface area is 107 Å². The van der Waals surface area contributed by atoms with Gasteiger partial charge < -0.3 is 14.8 Å². The van der Waals surface area contributed by atoms with Crippen molar-refractivity contribution in [1.29, 1.82) is 0 Å². The molecule has 1 amide bonds. The molecule has 0 unspecified atom stereocenters. The zero-order chi connectivity index (χ0) is 13.0. The maximum absolute atomic E-state index is 11.9. The number of nitrogens with one attached hydrogen (secondary N) is 1. The standard InChI is InChI=1S/C12H21N3O3/c1-3-18-11-8-17-7-10(11)13-12(16)6-15-5-4-9(2)14-15/h10-11H,3-8H2,1-2H3,(H,13,16)/t10-,11-/m0/s1. The molecule has 6 nitrogen and oxygen atoms in total. The quantitative estimate of drug-likeness (QED) is 0.750. The molecule has 2 aliphatic heterocycles. The third-order valence-corrected chi connectivity index (χ3v) is 3.13. The van der Waals surface area contributed by atoms with Crippen molar-refractivity contribution in [2.75, 3.05) is 32.9 Å². The number of amides is 1.